The second kappa shape index (κ2) is 7.17. The first kappa shape index (κ1) is 15.4. The van der Waals surface area contributed by atoms with E-state index in [1.807, 2.05) is 4.90 Å². The van der Waals surface area contributed by atoms with Crippen molar-refractivity contribution in [3.63, 3.8) is 0 Å². The normalized spacial score (nSPS) is 18.0. The third kappa shape index (κ3) is 4.02. The molecule has 23 heavy (non-hydrogen) atoms. The molecule has 1 aliphatic heterocycles. The number of aryl methyl sites for hydroxylation is 1. The molecular weight excluding hydrogens is 296 g/mol. The molecule has 1 N–H and O–H groups in total. The van der Waals surface area contributed by atoms with Crippen LogP contribution in [-0.4, -0.2) is 50.5 Å². The van der Waals surface area contributed by atoms with Gasteiger partial charge in [-0.2, -0.15) is 4.98 Å². The number of nitrogens with zero attached hydrogens (tertiary/aromatic N) is 5. The minimum Gasteiger partial charge on any atom is -0.354 e. The molecule has 122 valence electrons. The van der Waals surface area contributed by atoms with Gasteiger partial charge in [-0.25, -0.2) is 9.97 Å². The van der Waals surface area contributed by atoms with Crippen molar-refractivity contribution >= 4 is 11.9 Å². The maximum absolute atomic E-state index is 12.3. The number of hydrogen-bond acceptors (Lipinski definition) is 7. The molecule has 0 aromatic carbocycles. The molecule has 2 aromatic heterocycles. The third-order valence-corrected chi connectivity index (χ3v) is 3.85. The molecule has 0 spiro atoms. The van der Waals surface area contributed by atoms with E-state index in [1.54, 1.807) is 25.4 Å². The van der Waals surface area contributed by atoms with Gasteiger partial charge in [-0.05, 0) is 25.8 Å². The standard InChI is InChI=1S/C15H20N6O2/c1-11-19-14(23-20-11)12-4-2-9-21(10-12)13(22)5-8-18-15-16-6-3-7-17-15/h3,6-7,12H,2,4-5,8-10H2,1H3,(H,16,17,18)/t12-/m1/s1. The lowest BCUT2D eigenvalue weighted by atomic mass is 9.97. The van der Waals surface area contributed by atoms with Gasteiger partial charge in [0.05, 0.1) is 5.92 Å². The molecule has 0 radical (unpaired) electrons. The molecular formula is C15H20N6O2. The number of hydrogen-bond donors (Lipinski definition) is 1. The van der Waals surface area contributed by atoms with Crippen molar-refractivity contribution in [1.82, 2.24) is 25.0 Å². The Bertz CT molecular complexity index is 644. The fourth-order valence-electron chi connectivity index (χ4n) is 2.71. The van der Waals surface area contributed by atoms with E-state index in [0.717, 1.165) is 19.4 Å². The fourth-order valence-corrected chi connectivity index (χ4v) is 2.71. The Kier molecular flexibility index (Phi) is 4.80. The van der Waals surface area contributed by atoms with Gasteiger partial charge < -0.3 is 14.7 Å². The van der Waals surface area contributed by atoms with Crippen LogP contribution in [0.2, 0.25) is 0 Å². The van der Waals surface area contributed by atoms with Crippen molar-refractivity contribution in [3.8, 4) is 0 Å². The van der Waals surface area contributed by atoms with E-state index in [2.05, 4.69) is 25.4 Å². The van der Waals surface area contributed by atoms with Crippen molar-refractivity contribution in [1.29, 1.82) is 0 Å². The zero-order valence-corrected chi connectivity index (χ0v) is 13.1. The average molecular weight is 316 g/mol. The van der Waals surface area contributed by atoms with Gasteiger partial charge in [-0.15, -0.1) is 0 Å². The van der Waals surface area contributed by atoms with E-state index >= 15 is 0 Å². The number of carbonyl (C=O) groups is 1. The molecule has 0 unspecified atom stereocenters. The first-order valence-corrected chi connectivity index (χ1v) is 7.81. The number of nitrogens with one attached hydrogen (secondary N) is 1. The Morgan fingerprint density at radius 3 is 3.00 bits per heavy atom. The molecule has 8 heteroatoms. The molecule has 3 heterocycles. The van der Waals surface area contributed by atoms with E-state index in [-0.39, 0.29) is 11.8 Å². The molecule has 1 amide bonds. The summed E-state index contributed by atoms with van der Waals surface area (Å²) in [5.74, 6) is 2.07. The van der Waals surface area contributed by atoms with Crippen molar-refractivity contribution < 1.29 is 9.32 Å². The van der Waals surface area contributed by atoms with Crippen LogP contribution in [0.25, 0.3) is 0 Å². The van der Waals surface area contributed by atoms with Gasteiger partial charge in [-0.1, -0.05) is 5.16 Å². The molecule has 3 rings (SSSR count). The topological polar surface area (TPSA) is 97.0 Å². The van der Waals surface area contributed by atoms with Crippen molar-refractivity contribution in [2.45, 2.75) is 32.1 Å². The smallest absolute Gasteiger partial charge is 0.231 e. The van der Waals surface area contributed by atoms with Crippen LogP contribution in [0.15, 0.2) is 23.0 Å². The van der Waals surface area contributed by atoms with Crippen molar-refractivity contribution in [3.05, 3.63) is 30.2 Å². The van der Waals surface area contributed by atoms with Gasteiger partial charge in [0, 0.05) is 38.4 Å². The van der Waals surface area contributed by atoms with E-state index in [1.165, 1.54) is 0 Å². The number of likely N-dealkylation sites (tertiary alicyclic amines) is 1. The summed E-state index contributed by atoms with van der Waals surface area (Å²) in [4.78, 5) is 26.6. The lowest BCUT2D eigenvalue weighted by molar-refractivity contribution is -0.132. The van der Waals surface area contributed by atoms with Crippen LogP contribution < -0.4 is 5.32 Å². The van der Waals surface area contributed by atoms with Gasteiger partial charge in [0.1, 0.15) is 0 Å². The maximum Gasteiger partial charge on any atom is 0.231 e. The van der Waals surface area contributed by atoms with Gasteiger partial charge in [0.2, 0.25) is 17.7 Å². The third-order valence-electron chi connectivity index (χ3n) is 3.85. The molecule has 1 atom stereocenters. The second-order valence-electron chi connectivity index (χ2n) is 5.61. The largest absolute Gasteiger partial charge is 0.354 e. The Hall–Kier alpha value is -2.51. The average Bonchev–Trinajstić information content (AvgIpc) is 3.02. The van der Waals surface area contributed by atoms with E-state index in [0.29, 0.717) is 37.2 Å². The summed E-state index contributed by atoms with van der Waals surface area (Å²) in [5, 5.41) is 6.88. The molecule has 0 saturated carbocycles. The number of anilines is 1. The Labute approximate surface area is 134 Å². The molecule has 0 bridgehead atoms. The summed E-state index contributed by atoms with van der Waals surface area (Å²) >= 11 is 0. The Morgan fingerprint density at radius 1 is 1.43 bits per heavy atom. The highest BCUT2D eigenvalue weighted by Crippen LogP contribution is 2.25. The van der Waals surface area contributed by atoms with Crippen LogP contribution >= 0.6 is 0 Å². The van der Waals surface area contributed by atoms with Gasteiger partial charge >= 0.3 is 0 Å². The van der Waals surface area contributed by atoms with E-state index in [9.17, 15) is 4.79 Å². The van der Waals surface area contributed by atoms with Crippen LogP contribution in [0.4, 0.5) is 5.95 Å². The number of aromatic nitrogens is 4. The van der Waals surface area contributed by atoms with E-state index < -0.39 is 0 Å². The molecule has 1 fully saturated rings. The molecule has 2 aromatic rings. The second-order valence-corrected chi connectivity index (χ2v) is 5.61. The maximum atomic E-state index is 12.3. The Balaban J connectivity index is 1.49. The first-order chi connectivity index (χ1) is 11.2. The van der Waals surface area contributed by atoms with Crippen LogP contribution in [0.5, 0.6) is 0 Å². The van der Waals surface area contributed by atoms with Crippen molar-refractivity contribution in [2.75, 3.05) is 25.0 Å². The fraction of sp³-hybridized carbons (Fsp3) is 0.533. The predicted molar refractivity (Wildman–Crippen MR) is 82.7 cm³/mol. The highest BCUT2D eigenvalue weighted by Gasteiger charge is 2.27. The van der Waals surface area contributed by atoms with Crippen molar-refractivity contribution in [2.24, 2.45) is 0 Å². The summed E-state index contributed by atoms with van der Waals surface area (Å²) in [6.07, 6.45) is 5.67. The summed E-state index contributed by atoms with van der Waals surface area (Å²) < 4.78 is 5.24. The highest BCUT2D eigenvalue weighted by molar-refractivity contribution is 5.76. The zero-order valence-electron chi connectivity index (χ0n) is 13.1. The predicted octanol–water partition coefficient (Wildman–Crippen LogP) is 1.38. The first-order valence-electron chi connectivity index (χ1n) is 7.81. The molecule has 1 saturated heterocycles. The van der Waals surface area contributed by atoms with E-state index in [4.69, 9.17) is 4.52 Å². The van der Waals surface area contributed by atoms with Crippen LogP contribution in [-0.2, 0) is 4.79 Å². The number of rotatable bonds is 5. The summed E-state index contributed by atoms with van der Waals surface area (Å²) in [6.45, 7) is 3.74. The van der Waals surface area contributed by atoms with Crippen LogP contribution in [0, 0.1) is 6.92 Å². The summed E-state index contributed by atoms with van der Waals surface area (Å²) in [5.41, 5.74) is 0. The number of amides is 1. The highest BCUT2D eigenvalue weighted by atomic mass is 16.5. The quantitative estimate of drug-likeness (QED) is 0.889. The van der Waals surface area contributed by atoms with Gasteiger partial charge in [0.15, 0.2) is 5.82 Å². The lowest BCUT2D eigenvalue weighted by Crippen LogP contribution is -2.39. The zero-order chi connectivity index (χ0) is 16.1. The minimum absolute atomic E-state index is 0.120. The number of carbonyl (C=O) groups excluding carboxylic acids is 1. The molecule has 1 aliphatic rings. The summed E-state index contributed by atoms with van der Waals surface area (Å²) in [7, 11) is 0. The molecule has 8 nitrogen and oxygen atoms in total. The number of piperidine rings is 1. The lowest BCUT2D eigenvalue weighted by Gasteiger charge is -2.31. The minimum atomic E-state index is 0.120. The van der Waals surface area contributed by atoms with Gasteiger partial charge in [-0.3, -0.25) is 4.79 Å². The van der Waals surface area contributed by atoms with Crippen LogP contribution in [0.1, 0.15) is 36.9 Å². The van der Waals surface area contributed by atoms with Gasteiger partial charge in [0.25, 0.3) is 0 Å². The monoisotopic (exact) mass is 316 g/mol. The molecule has 0 aliphatic carbocycles. The van der Waals surface area contributed by atoms with Crippen LogP contribution in [0.3, 0.4) is 0 Å². The summed E-state index contributed by atoms with van der Waals surface area (Å²) in [6, 6.07) is 1.75. The Morgan fingerprint density at radius 2 is 2.26 bits per heavy atom. The SMILES string of the molecule is Cc1noc([C@@H]2CCCN(C(=O)CCNc3ncccn3)C2)n1.